The molecule has 1 fully saturated rings. The van der Waals surface area contributed by atoms with Gasteiger partial charge in [-0.2, -0.15) is 10.4 Å². The van der Waals surface area contributed by atoms with E-state index in [-0.39, 0.29) is 6.04 Å². The number of pyridine rings is 1. The first-order valence-corrected chi connectivity index (χ1v) is 7.31. The van der Waals surface area contributed by atoms with Gasteiger partial charge in [-0.3, -0.25) is 4.68 Å². The van der Waals surface area contributed by atoms with Crippen LogP contribution in [0.15, 0.2) is 18.3 Å². The summed E-state index contributed by atoms with van der Waals surface area (Å²) >= 11 is 6.40. The van der Waals surface area contributed by atoms with Gasteiger partial charge >= 0.3 is 0 Å². The third-order valence-electron chi connectivity index (χ3n) is 3.95. The molecule has 0 amide bonds. The Morgan fingerprint density at radius 2 is 2.24 bits per heavy atom. The largest absolute Gasteiger partial charge is 0.349 e. The fraction of sp³-hybridized carbons (Fsp3) is 0.400. The molecule has 1 saturated heterocycles. The van der Waals surface area contributed by atoms with Gasteiger partial charge in [0.15, 0.2) is 0 Å². The topological polar surface area (TPSA) is 57.7 Å². The Bertz CT molecular complexity index is 698. The van der Waals surface area contributed by atoms with Crippen molar-refractivity contribution in [1.29, 1.82) is 5.26 Å². The maximum atomic E-state index is 8.87. The molecule has 0 radical (unpaired) electrons. The van der Waals surface area contributed by atoms with E-state index in [0.29, 0.717) is 10.7 Å². The zero-order valence-corrected chi connectivity index (χ0v) is 12.8. The van der Waals surface area contributed by atoms with E-state index in [1.54, 1.807) is 16.9 Å². The van der Waals surface area contributed by atoms with Gasteiger partial charge in [-0.1, -0.05) is 11.6 Å². The summed E-state index contributed by atoms with van der Waals surface area (Å²) in [5, 5.41) is 14.0. The number of rotatable bonds is 2. The summed E-state index contributed by atoms with van der Waals surface area (Å²) in [6.45, 7) is 2.93. The first kappa shape index (κ1) is 13.9. The second kappa shape index (κ2) is 5.38. The first-order valence-electron chi connectivity index (χ1n) is 6.93. The van der Waals surface area contributed by atoms with E-state index in [1.165, 1.54) is 0 Å². The number of anilines is 1. The minimum atomic E-state index is 0.201. The number of aryl methyl sites for hydroxylation is 2. The van der Waals surface area contributed by atoms with Gasteiger partial charge in [-0.05, 0) is 31.9 Å². The predicted molar refractivity (Wildman–Crippen MR) is 81.2 cm³/mol. The third kappa shape index (κ3) is 2.36. The van der Waals surface area contributed by atoms with Crippen molar-refractivity contribution in [2.24, 2.45) is 7.05 Å². The lowest BCUT2D eigenvalue weighted by atomic mass is 10.1. The molecule has 0 saturated carbocycles. The van der Waals surface area contributed by atoms with Crippen LogP contribution >= 0.6 is 11.6 Å². The highest BCUT2D eigenvalue weighted by atomic mass is 35.5. The van der Waals surface area contributed by atoms with Gasteiger partial charge in [-0.25, -0.2) is 4.98 Å². The van der Waals surface area contributed by atoms with E-state index >= 15 is 0 Å². The molecule has 3 heterocycles. The Morgan fingerprint density at radius 3 is 2.81 bits per heavy atom. The van der Waals surface area contributed by atoms with Crippen LogP contribution in [0.2, 0.25) is 5.15 Å². The van der Waals surface area contributed by atoms with Crippen LogP contribution in [-0.2, 0) is 7.05 Å². The number of nitriles is 1. The second-order valence-electron chi connectivity index (χ2n) is 5.28. The van der Waals surface area contributed by atoms with Crippen molar-refractivity contribution >= 4 is 17.4 Å². The Kier molecular flexibility index (Phi) is 3.56. The average Bonchev–Trinajstić information content (AvgIpc) is 3.05. The molecule has 0 N–H and O–H groups in total. The van der Waals surface area contributed by atoms with E-state index < -0.39 is 0 Å². The summed E-state index contributed by atoms with van der Waals surface area (Å²) in [6, 6.07) is 5.99. The molecule has 0 aromatic carbocycles. The fourth-order valence-corrected chi connectivity index (χ4v) is 3.29. The molecule has 1 aliphatic heterocycles. The van der Waals surface area contributed by atoms with Gasteiger partial charge in [-0.15, -0.1) is 0 Å². The Labute approximate surface area is 128 Å². The number of halogens is 1. The van der Waals surface area contributed by atoms with Crippen molar-refractivity contribution in [2.45, 2.75) is 25.8 Å². The van der Waals surface area contributed by atoms with Crippen LogP contribution in [-0.4, -0.2) is 21.3 Å². The lowest BCUT2D eigenvalue weighted by Crippen LogP contribution is -2.24. The van der Waals surface area contributed by atoms with Crippen LogP contribution in [0.5, 0.6) is 0 Å². The summed E-state index contributed by atoms with van der Waals surface area (Å²) in [5.41, 5.74) is 2.63. The normalized spacial score (nSPS) is 18.0. The molecule has 21 heavy (non-hydrogen) atoms. The van der Waals surface area contributed by atoms with Gasteiger partial charge in [0.1, 0.15) is 17.0 Å². The quantitative estimate of drug-likeness (QED) is 0.855. The van der Waals surface area contributed by atoms with Crippen LogP contribution in [0, 0.1) is 18.3 Å². The summed E-state index contributed by atoms with van der Waals surface area (Å²) in [7, 11) is 1.86. The standard InChI is InChI=1S/C15H16ClN5/c1-10-14(15(16)20(2)19-10)12-4-3-7-21(12)13-6-5-11(8-17)9-18-13/h5-6,9,12H,3-4,7H2,1-2H3/t12-/m0/s1. The molecular formula is C15H16ClN5. The van der Waals surface area contributed by atoms with Gasteiger partial charge in [0.2, 0.25) is 0 Å². The van der Waals surface area contributed by atoms with Crippen molar-refractivity contribution in [3.8, 4) is 6.07 Å². The highest BCUT2D eigenvalue weighted by Crippen LogP contribution is 2.39. The van der Waals surface area contributed by atoms with E-state index in [1.807, 2.05) is 20.0 Å². The van der Waals surface area contributed by atoms with Crippen molar-refractivity contribution in [3.05, 3.63) is 40.3 Å². The molecular weight excluding hydrogens is 286 g/mol. The van der Waals surface area contributed by atoms with Crippen LogP contribution in [0.4, 0.5) is 5.82 Å². The Balaban J connectivity index is 1.97. The number of hydrogen-bond donors (Lipinski definition) is 0. The molecule has 5 nitrogen and oxygen atoms in total. The van der Waals surface area contributed by atoms with Crippen LogP contribution in [0.3, 0.4) is 0 Å². The Hall–Kier alpha value is -2.06. The van der Waals surface area contributed by atoms with E-state index in [2.05, 4.69) is 21.1 Å². The number of aromatic nitrogens is 3. The van der Waals surface area contributed by atoms with Crippen molar-refractivity contribution in [1.82, 2.24) is 14.8 Å². The number of hydrogen-bond acceptors (Lipinski definition) is 4. The van der Waals surface area contributed by atoms with E-state index in [4.69, 9.17) is 16.9 Å². The molecule has 3 rings (SSSR count). The molecule has 2 aromatic heterocycles. The molecule has 0 unspecified atom stereocenters. The summed E-state index contributed by atoms with van der Waals surface area (Å²) in [4.78, 5) is 6.65. The minimum Gasteiger partial charge on any atom is -0.349 e. The zero-order chi connectivity index (χ0) is 15.0. The molecule has 108 valence electrons. The molecule has 1 aliphatic rings. The minimum absolute atomic E-state index is 0.201. The highest BCUT2D eigenvalue weighted by Gasteiger charge is 2.31. The lowest BCUT2D eigenvalue weighted by Gasteiger charge is -2.26. The van der Waals surface area contributed by atoms with Crippen LogP contribution in [0.1, 0.15) is 35.7 Å². The zero-order valence-electron chi connectivity index (χ0n) is 12.0. The van der Waals surface area contributed by atoms with E-state index in [9.17, 15) is 0 Å². The highest BCUT2D eigenvalue weighted by molar-refractivity contribution is 6.30. The summed E-state index contributed by atoms with van der Waals surface area (Å²) in [6.07, 6.45) is 3.74. The SMILES string of the molecule is Cc1nn(C)c(Cl)c1[C@@H]1CCCN1c1ccc(C#N)cn1. The summed E-state index contributed by atoms with van der Waals surface area (Å²) in [5.74, 6) is 0.885. The van der Waals surface area contributed by atoms with Gasteiger partial charge in [0.25, 0.3) is 0 Å². The van der Waals surface area contributed by atoms with Crippen molar-refractivity contribution in [3.63, 3.8) is 0 Å². The maximum absolute atomic E-state index is 8.87. The summed E-state index contributed by atoms with van der Waals surface area (Å²) < 4.78 is 1.72. The Morgan fingerprint density at radius 1 is 1.43 bits per heavy atom. The lowest BCUT2D eigenvalue weighted by molar-refractivity contribution is 0.706. The third-order valence-corrected chi connectivity index (χ3v) is 4.40. The molecule has 1 atom stereocenters. The molecule has 0 spiro atoms. The monoisotopic (exact) mass is 301 g/mol. The van der Waals surface area contributed by atoms with Crippen LogP contribution < -0.4 is 4.90 Å². The van der Waals surface area contributed by atoms with Gasteiger partial charge in [0, 0.05) is 25.4 Å². The molecule has 2 aromatic rings. The van der Waals surface area contributed by atoms with Gasteiger partial charge < -0.3 is 4.90 Å². The molecule has 6 heteroatoms. The maximum Gasteiger partial charge on any atom is 0.132 e. The predicted octanol–water partition coefficient (Wildman–Crippen LogP) is 2.99. The van der Waals surface area contributed by atoms with Crippen molar-refractivity contribution < 1.29 is 0 Å². The van der Waals surface area contributed by atoms with Gasteiger partial charge in [0.05, 0.1) is 17.3 Å². The average molecular weight is 302 g/mol. The van der Waals surface area contributed by atoms with Crippen molar-refractivity contribution in [2.75, 3.05) is 11.4 Å². The number of nitrogens with zero attached hydrogens (tertiary/aromatic N) is 5. The fourth-order valence-electron chi connectivity index (χ4n) is 2.99. The van der Waals surface area contributed by atoms with Crippen LogP contribution in [0.25, 0.3) is 0 Å². The molecule has 0 aliphatic carbocycles. The van der Waals surface area contributed by atoms with E-state index in [0.717, 1.165) is 36.5 Å². The molecule has 0 bridgehead atoms. The second-order valence-corrected chi connectivity index (χ2v) is 5.64. The smallest absolute Gasteiger partial charge is 0.132 e. The first-order chi connectivity index (χ1) is 10.1.